The molecule has 0 amide bonds. The number of fused-ring (bicyclic) bond motifs is 1. The number of aromatic nitrogens is 3. The lowest BCUT2D eigenvalue weighted by molar-refractivity contribution is -0.0940. The van der Waals surface area contributed by atoms with Crippen LogP contribution in [0, 0.1) is 11.6 Å². The van der Waals surface area contributed by atoms with E-state index >= 15 is 4.39 Å². The molecule has 1 aliphatic heterocycles. The summed E-state index contributed by atoms with van der Waals surface area (Å²) >= 11 is 0. The van der Waals surface area contributed by atoms with Crippen LogP contribution in [0.25, 0.3) is 11.0 Å². The summed E-state index contributed by atoms with van der Waals surface area (Å²) in [4.78, 5) is 24.1. The number of hydrogen-bond acceptors (Lipinski definition) is 7. The van der Waals surface area contributed by atoms with Gasteiger partial charge in [0.05, 0.1) is 27.1 Å². The van der Waals surface area contributed by atoms with E-state index in [1.54, 1.807) is 0 Å². The first-order chi connectivity index (χ1) is 19.0. The van der Waals surface area contributed by atoms with E-state index in [0.29, 0.717) is 32.1 Å². The topological polar surface area (TPSA) is 126 Å². The van der Waals surface area contributed by atoms with E-state index in [0.717, 1.165) is 18.2 Å². The maximum Gasteiger partial charge on any atom is 0.412 e. The normalized spacial score (nSPS) is 16.9. The van der Waals surface area contributed by atoms with E-state index < -0.39 is 68.2 Å². The highest BCUT2D eigenvalue weighted by Crippen LogP contribution is 2.35. The molecule has 5 rings (SSSR count). The van der Waals surface area contributed by atoms with Crippen LogP contribution in [0.3, 0.4) is 0 Å². The minimum Gasteiger partial charge on any atom is -0.381 e. The van der Waals surface area contributed by atoms with Gasteiger partial charge < -0.3 is 15.0 Å². The van der Waals surface area contributed by atoms with E-state index in [-0.39, 0.29) is 28.5 Å². The molecule has 1 aromatic carbocycles. The van der Waals surface area contributed by atoms with Crippen molar-refractivity contribution in [3.8, 4) is 0 Å². The molecule has 0 saturated carbocycles. The number of ether oxygens (including phenoxy) is 1. The lowest BCUT2D eigenvalue weighted by atomic mass is 10.0. The molecule has 2 aromatic heterocycles. The number of halogens is 5. The van der Waals surface area contributed by atoms with E-state index in [2.05, 4.69) is 20.3 Å². The van der Waals surface area contributed by atoms with Crippen LogP contribution in [0.2, 0.25) is 0 Å². The highest BCUT2D eigenvalue weighted by Gasteiger charge is 2.35. The van der Waals surface area contributed by atoms with Gasteiger partial charge >= 0.3 is 6.18 Å². The van der Waals surface area contributed by atoms with Crippen LogP contribution in [0.1, 0.15) is 41.6 Å². The molecule has 9 nitrogen and oxygen atoms in total. The number of anilines is 2. The standard InChI is InChI=1S/C25H22F5N5O4S/c26-17-5-6-18(35-40(37,38)15-3-1-13(2-4-15)25(28,29)30)21(27)20(17)22(36)16-11-31-23-19(16)24(33-12-32-23)34-14-7-9-39-10-8-14/h1,3,5-6,11-12,14,35H,2,4,7-10H2,(H2,31,32,33,34). The summed E-state index contributed by atoms with van der Waals surface area (Å²) in [7, 11) is -4.52. The number of nitrogens with one attached hydrogen (secondary N) is 3. The zero-order valence-electron chi connectivity index (χ0n) is 20.6. The summed E-state index contributed by atoms with van der Waals surface area (Å²) < 4.78 is 102. The molecule has 1 saturated heterocycles. The molecule has 40 heavy (non-hydrogen) atoms. The third-order valence-electron chi connectivity index (χ3n) is 6.66. The Morgan fingerprint density at radius 1 is 1.07 bits per heavy atom. The van der Waals surface area contributed by atoms with E-state index in [4.69, 9.17) is 4.74 Å². The largest absolute Gasteiger partial charge is 0.412 e. The van der Waals surface area contributed by atoms with Gasteiger partial charge in [0.15, 0.2) is 5.82 Å². The Labute approximate surface area is 224 Å². The number of alkyl halides is 3. The van der Waals surface area contributed by atoms with Crippen LogP contribution in [0.4, 0.5) is 33.5 Å². The third-order valence-corrected chi connectivity index (χ3v) is 8.18. The molecule has 3 N–H and O–H groups in total. The summed E-state index contributed by atoms with van der Waals surface area (Å²) in [5.41, 5.74) is -2.59. The predicted molar refractivity (Wildman–Crippen MR) is 135 cm³/mol. The SMILES string of the molecule is O=C(c1c(F)ccc(NS(=O)(=O)C2=CC=C(C(F)(F)F)CC2)c1F)c1c[nH]c2ncnc(NC3CCOCC3)c12. The molecule has 0 atom stereocenters. The van der Waals surface area contributed by atoms with Crippen molar-refractivity contribution in [1.82, 2.24) is 15.0 Å². The molecule has 0 bridgehead atoms. The van der Waals surface area contributed by atoms with Gasteiger partial charge in [-0.1, -0.05) is 6.08 Å². The second-order valence-corrected chi connectivity index (χ2v) is 11.0. The Hall–Kier alpha value is -3.85. The van der Waals surface area contributed by atoms with Crippen molar-refractivity contribution in [2.75, 3.05) is 23.3 Å². The number of rotatable bonds is 7. The summed E-state index contributed by atoms with van der Waals surface area (Å²) in [6.07, 6.45) is -0.414. The number of sulfonamides is 1. The minimum absolute atomic E-state index is 0.0212. The molecular weight excluding hydrogens is 561 g/mol. The summed E-state index contributed by atoms with van der Waals surface area (Å²) in [6.45, 7) is 1.06. The van der Waals surface area contributed by atoms with Gasteiger partial charge in [0, 0.05) is 31.0 Å². The maximum absolute atomic E-state index is 15.5. The highest BCUT2D eigenvalue weighted by molar-refractivity contribution is 7.96. The van der Waals surface area contributed by atoms with Gasteiger partial charge in [0.1, 0.15) is 23.6 Å². The number of hydrogen-bond donors (Lipinski definition) is 3. The summed E-state index contributed by atoms with van der Waals surface area (Å²) in [5, 5.41) is 3.41. The van der Waals surface area contributed by atoms with Crippen molar-refractivity contribution in [1.29, 1.82) is 0 Å². The van der Waals surface area contributed by atoms with Gasteiger partial charge in [-0.2, -0.15) is 13.2 Å². The highest BCUT2D eigenvalue weighted by atomic mass is 32.2. The summed E-state index contributed by atoms with van der Waals surface area (Å²) in [6, 6.07) is 1.49. The van der Waals surface area contributed by atoms with E-state index in [1.165, 1.54) is 12.5 Å². The molecule has 1 aliphatic carbocycles. The van der Waals surface area contributed by atoms with Gasteiger partial charge in [-0.15, -0.1) is 0 Å². The van der Waals surface area contributed by atoms with E-state index in [9.17, 15) is 30.8 Å². The van der Waals surface area contributed by atoms with Crippen LogP contribution < -0.4 is 10.0 Å². The van der Waals surface area contributed by atoms with Crippen LogP contribution in [-0.4, -0.2) is 54.6 Å². The van der Waals surface area contributed by atoms with Crippen molar-refractivity contribution in [2.45, 2.75) is 37.9 Å². The molecule has 0 unspecified atom stereocenters. The number of aromatic amines is 1. The maximum atomic E-state index is 15.5. The molecular formula is C25H22F5N5O4S. The third kappa shape index (κ3) is 5.43. The first kappa shape index (κ1) is 27.7. The Bertz CT molecular complexity index is 1640. The first-order valence-corrected chi connectivity index (χ1v) is 13.6. The van der Waals surface area contributed by atoms with Crippen LogP contribution >= 0.6 is 0 Å². The molecule has 1 fully saturated rings. The number of H-pyrrole nitrogens is 1. The summed E-state index contributed by atoms with van der Waals surface area (Å²) in [5.74, 6) is -3.55. The molecule has 0 radical (unpaired) electrons. The van der Waals surface area contributed by atoms with Gasteiger partial charge in [-0.05, 0) is 43.9 Å². The fourth-order valence-electron chi connectivity index (χ4n) is 4.55. The first-order valence-electron chi connectivity index (χ1n) is 12.1. The lowest BCUT2D eigenvalue weighted by Crippen LogP contribution is -2.28. The molecule has 212 valence electrons. The number of nitrogens with zero attached hydrogens (tertiary/aromatic N) is 2. The number of allylic oxidation sites excluding steroid dienone is 4. The Morgan fingerprint density at radius 2 is 1.82 bits per heavy atom. The van der Waals surface area contributed by atoms with Crippen molar-refractivity contribution >= 4 is 38.3 Å². The number of ketones is 1. The second kappa shape index (κ2) is 10.6. The van der Waals surface area contributed by atoms with Gasteiger partial charge in [0.25, 0.3) is 10.0 Å². The molecule has 3 aromatic rings. The van der Waals surface area contributed by atoms with Crippen molar-refractivity contribution < 1.29 is 39.9 Å². The van der Waals surface area contributed by atoms with Gasteiger partial charge in [-0.3, -0.25) is 9.52 Å². The van der Waals surface area contributed by atoms with Crippen molar-refractivity contribution in [3.05, 3.63) is 70.0 Å². The van der Waals surface area contributed by atoms with Crippen LogP contribution in [-0.2, 0) is 14.8 Å². The number of benzene rings is 1. The van der Waals surface area contributed by atoms with Gasteiger partial charge in [-0.25, -0.2) is 27.2 Å². The number of carbonyl (C=O) groups excluding carboxylic acids is 1. The zero-order chi connectivity index (χ0) is 28.7. The molecule has 0 spiro atoms. The average molecular weight is 584 g/mol. The van der Waals surface area contributed by atoms with Crippen LogP contribution in [0.15, 0.2) is 47.3 Å². The second-order valence-electron chi connectivity index (χ2n) is 9.22. The quantitative estimate of drug-likeness (QED) is 0.265. The fourth-order valence-corrected chi connectivity index (χ4v) is 5.75. The zero-order valence-corrected chi connectivity index (χ0v) is 21.4. The van der Waals surface area contributed by atoms with E-state index in [1.807, 2.05) is 4.72 Å². The van der Waals surface area contributed by atoms with Crippen LogP contribution in [0.5, 0.6) is 0 Å². The molecule has 15 heteroatoms. The smallest absolute Gasteiger partial charge is 0.381 e. The predicted octanol–water partition coefficient (Wildman–Crippen LogP) is 4.97. The van der Waals surface area contributed by atoms with Crippen molar-refractivity contribution in [2.24, 2.45) is 0 Å². The Kier molecular flexibility index (Phi) is 7.35. The lowest BCUT2D eigenvalue weighted by Gasteiger charge is -2.23. The van der Waals surface area contributed by atoms with Gasteiger partial charge in [0.2, 0.25) is 5.78 Å². The molecule has 3 heterocycles. The molecule has 2 aliphatic rings. The Balaban J connectivity index is 1.47. The monoisotopic (exact) mass is 583 g/mol. The Morgan fingerprint density at radius 3 is 2.50 bits per heavy atom. The fraction of sp³-hybridized carbons (Fsp3) is 0.320. The average Bonchev–Trinajstić information content (AvgIpc) is 3.36. The van der Waals surface area contributed by atoms with Crippen molar-refractivity contribution in [3.63, 3.8) is 0 Å². The minimum atomic E-state index is -4.61. The number of carbonyl (C=O) groups is 1.